The Morgan fingerprint density at radius 2 is 2.26 bits per heavy atom. The van der Waals surface area contributed by atoms with E-state index in [0.29, 0.717) is 5.95 Å². The first kappa shape index (κ1) is 11.9. The van der Waals surface area contributed by atoms with E-state index in [2.05, 4.69) is 34.9 Å². The largest absolute Gasteiger partial charge is 0.354 e. The number of fused-ring (bicyclic) bond motifs is 1. The molecule has 7 nitrogen and oxygen atoms in total. The molecule has 0 atom stereocenters. The zero-order valence-corrected chi connectivity index (χ0v) is 11.2. The maximum Gasteiger partial charge on any atom is 0.224 e. The fraction of sp³-hybridized carbons (Fsp3) is 0.500. The Morgan fingerprint density at radius 1 is 1.37 bits per heavy atom. The van der Waals surface area contributed by atoms with Crippen molar-refractivity contribution in [1.29, 1.82) is 0 Å². The van der Waals surface area contributed by atoms with Crippen LogP contribution in [0.3, 0.4) is 0 Å². The van der Waals surface area contributed by atoms with Crippen molar-refractivity contribution in [3.05, 3.63) is 23.9 Å². The molecule has 0 bridgehead atoms. The van der Waals surface area contributed by atoms with Crippen LogP contribution in [0, 0.1) is 6.92 Å². The minimum Gasteiger partial charge on any atom is -0.354 e. The van der Waals surface area contributed by atoms with Gasteiger partial charge in [-0.2, -0.15) is 4.98 Å². The molecule has 0 saturated carbocycles. The number of anilines is 2. The van der Waals surface area contributed by atoms with Gasteiger partial charge in [-0.1, -0.05) is 0 Å². The van der Waals surface area contributed by atoms with Gasteiger partial charge in [0.15, 0.2) is 5.82 Å². The predicted octanol–water partition coefficient (Wildman–Crippen LogP) is 0.829. The summed E-state index contributed by atoms with van der Waals surface area (Å²) in [7, 11) is 0. The van der Waals surface area contributed by atoms with Crippen molar-refractivity contribution in [1.82, 2.24) is 24.7 Å². The molecule has 100 valence electrons. The molecule has 1 N–H and O–H groups in total. The minimum atomic E-state index is 0.676. The maximum atomic E-state index is 4.59. The lowest BCUT2D eigenvalue weighted by molar-refractivity contribution is 0.555. The standard InChI is InChI=1S/C12H17N7/c1-3-13-12-14-6-9(2)11(16-12)18-4-5-19-8-15-17-10(19)7-18/h6,8H,3-5,7H2,1-2H3,(H,13,14,16). The summed E-state index contributed by atoms with van der Waals surface area (Å²) in [5, 5.41) is 11.2. The summed E-state index contributed by atoms with van der Waals surface area (Å²) < 4.78 is 2.08. The third-order valence-electron chi connectivity index (χ3n) is 3.22. The highest BCUT2D eigenvalue weighted by molar-refractivity contribution is 5.49. The Balaban J connectivity index is 1.88. The van der Waals surface area contributed by atoms with Crippen molar-refractivity contribution in [2.45, 2.75) is 26.9 Å². The van der Waals surface area contributed by atoms with E-state index in [1.807, 2.05) is 20.0 Å². The van der Waals surface area contributed by atoms with Crippen molar-refractivity contribution < 1.29 is 0 Å². The van der Waals surface area contributed by atoms with E-state index in [1.165, 1.54) is 0 Å². The van der Waals surface area contributed by atoms with Crippen LogP contribution in [0.25, 0.3) is 0 Å². The van der Waals surface area contributed by atoms with E-state index in [9.17, 15) is 0 Å². The lowest BCUT2D eigenvalue weighted by Crippen LogP contribution is -2.34. The van der Waals surface area contributed by atoms with Crippen molar-refractivity contribution in [3.8, 4) is 0 Å². The lowest BCUT2D eigenvalue weighted by Gasteiger charge is -2.29. The SMILES string of the molecule is CCNc1ncc(C)c(N2CCn3cnnc3C2)n1. The second-order valence-electron chi connectivity index (χ2n) is 4.59. The highest BCUT2D eigenvalue weighted by atomic mass is 15.3. The molecule has 19 heavy (non-hydrogen) atoms. The van der Waals surface area contributed by atoms with Gasteiger partial charge >= 0.3 is 0 Å². The van der Waals surface area contributed by atoms with E-state index in [4.69, 9.17) is 0 Å². The van der Waals surface area contributed by atoms with Crippen molar-refractivity contribution in [3.63, 3.8) is 0 Å². The number of aryl methyl sites for hydroxylation is 1. The number of hydrogen-bond donors (Lipinski definition) is 1. The van der Waals surface area contributed by atoms with E-state index in [1.54, 1.807) is 6.33 Å². The van der Waals surface area contributed by atoms with E-state index < -0.39 is 0 Å². The molecule has 0 amide bonds. The van der Waals surface area contributed by atoms with Gasteiger partial charge in [0.2, 0.25) is 5.95 Å². The molecule has 0 radical (unpaired) electrons. The summed E-state index contributed by atoms with van der Waals surface area (Å²) >= 11 is 0. The molecule has 0 saturated heterocycles. The Bertz CT molecular complexity index is 577. The molecule has 0 aliphatic carbocycles. The highest BCUT2D eigenvalue weighted by Crippen LogP contribution is 2.22. The number of hydrogen-bond acceptors (Lipinski definition) is 6. The average Bonchev–Trinajstić information content (AvgIpc) is 2.88. The van der Waals surface area contributed by atoms with Crippen LogP contribution in [0.4, 0.5) is 11.8 Å². The fourth-order valence-electron chi connectivity index (χ4n) is 2.24. The first-order valence-electron chi connectivity index (χ1n) is 6.47. The van der Waals surface area contributed by atoms with Crippen LogP contribution in [0.2, 0.25) is 0 Å². The third-order valence-corrected chi connectivity index (χ3v) is 3.22. The zero-order valence-electron chi connectivity index (χ0n) is 11.2. The second kappa shape index (κ2) is 4.83. The van der Waals surface area contributed by atoms with Gasteiger partial charge in [-0.15, -0.1) is 10.2 Å². The predicted molar refractivity (Wildman–Crippen MR) is 72.0 cm³/mol. The first-order valence-corrected chi connectivity index (χ1v) is 6.47. The lowest BCUT2D eigenvalue weighted by atomic mass is 10.3. The number of nitrogens with zero attached hydrogens (tertiary/aromatic N) is 6. The Labute approximate surface area is 111 Å². The molecule has 7 heteroatoms. The van der Waals surface area contributed by atoms with E-state index in [-0.39, 0.29) is 0 Å². The quantitative estimate of drug-likeness (QED) is 0.880. The van der Waals surface area contributed by atoms with Crippen LogP contribution in [-0.2, 0) is 13.1 Å². The number of rotatable bonds is 3. The van der Waals surface area contributed by atoms with Gasteiger partial charge in [0, 0.05) is 31.4 Å². The van der Waals surface area contributed by atoms with Crippen LogP contribution in [0.1, 0.15) is 18.3 Å². The van der Waals surface area contributed by atoms with Gasteiger partial charge in [0.05, 0.1) is 6.54 Å². The van der Waals surface area contributed by atoms with Gasteiger partial charge in [-0.05, 0) is 13.8 Å². The third kappa shape index (κ3) is 2.23. The van der Waals surface area contributed by atoms with E-state index >= 15 is 0 Å². The van der Waals surface area contributed by atoms with Crippen LogP contribution < -0.4 is 10.2 Å². The highest BCUT2D eigenvalue weighted by Gasteiger charge is 2.20. The van der Waals surface area contributed by atoms with Crippen molar-refractivity contribution >= 4 is 11.8 Å². The molecular weight excluding hydrogens is 242 g/mol. The monoisotopic (exact) mass is 259 g/mol. The maximum absolute atomic E-state index is 4.59. The molecule has 3 heterocycles. The summed E-state index contributed by atoms with van der Waals surface area (Å²) in [6, 6.07) is 0. The molecule has 0 unspecified atom stereocenters. The molecule has 0 aromatic carbocycles. The van der Waals surface area contributed by atoms with Gasteiger partial charge in [-0.25, -0.2) is 4.98 Å². The molecule has 2 aromatic heterocycles. The molecule has 2 aromatic rings. The fourth-order valence-corrected chi connectivity index (χ4v) is 2.24. The minimum absolute atomic E-state index is 0.676. The van der Waals surface area contributed by atoms with Crippen LogP contribution in [0.5, 0.6) is 0 Å². The first-order chi connectivity index (χ1) is 9.28. The van der Waals surface area contributed by atoms with Gasteiger partial charge in [0.1, 0.15) is 12.1 Å². The van der Waals surface area contributed by atoms with E-state index in [0.717, 1.165) is 43.4 Å². The van der Waals surface area contributed by atoms with Gasteiger partial charge < -0.3 is 14.8 Å². The van der Waals surface area contributed by atoms with Crippen LogP contribution in [0.15, 0.2) is 12.5 Å². The smallest absolute Gasteiger partial charge is 0.224 e. The average molecular weight is 259 g/mol. The van der Waals surface area contributed by atoms with Gasteiger partial charge in [0.25, 0.3) is 0 Å². The molecule has 0 spiro atoms. The van der Waals surface area contributed by atoms with Crippen molar-refractivity contribution in [2.75, 3.05) is 23.3 Å². The molecule has 1 aliphatic heterocycles. The summed E-state index contributed by atoms with van der Waals surface area (Å²) in [4.78, 5) is 11.1. The topological polar surface area (TPSA) is 71.8 Å². The Morgan fingerprint density at radius 3 is 3.11 bits per heavy atom. The molecular formula is C12H17N7. The molecule has 1 aliphatic rings. The number of aromatic nitrogens is 5. The second-order valence-corrected chi connectivity index (χ2v) is 4.59. The summed E-state index contributed by atoms with van der Waals surface area (Å²) in [5.74, 6) is 2.63. The Hall–Kier alpha value is -2.18. The summed E-state index contributed by atoms with van der Waals surface area (Å²) in [6.07, 6.45) is 3.64. The molecule has 0 fully saturated rings. The van der Waals surface area contributed by atoms with Gasteiger partial charge in [-0.3, -0.25) is 0 Å². The molecule has 3 rings (SSSR count). The summed E-state index contributed by atoms with van der Waals surface area (Å²) in [5.41, 5.74) is 1.08. The van der Waals surface area contributed by atoms with Crippen molar-refractivity contribution in [2.24, 2.45) is 0 Å². The Kier molecular flexibility index (Phi) is 3.02. The normalized spacial score (nSPS) is 14.3. The van der Waals surface area contributed by atoms with Crippen LogP contribution >= 0.6 is 0 Å². The summed E-state index contributed by atoms with van der Waals surface area (Å²) in [6.45, 7) is 7.42. The van der Waals surface area contributed by atoms with Crippen LogP contribution in [-0.4, -0.2) is 37.8 Å². The number of nitrogens with one attached hydrogen (secondary N) is 1. The zero-order chi connectivity index (χ0) is 13.2.